The van der Waals surface area contributed by atoms with Gasteiger partial charge in [-0.2, -0.15) is 11.8 Å². The average molecular weight is 788 g/mol. The quantitative estimate of drug-likeness (QED) is 0.183. The molecule has 17 nitrogen and oxygen atoms in total. The highest BCUT2D eigenvalue weighted by molar-refractivity contribution is 7.99. The highest BCUT2D eigenvalue weighted by atomic mass is 32.2. The first-order valence-corrected chi connectivity index (χ1v) is 19.6. The van der Waals surface area contributed by atoms with Crippen LogP contribution in [0.1, 0.15) is 57.3 Å². The molecule has 2 aliphatic heterocycles. The second-order valence-corrected chi connectivity index (χ2v) is 16.3. The monoisotopic (exact) mass is 787 g/mol. The minimum Gasteiger partial charge on any atom is -0.391 e. The van der Waals surface area contributed by atoms with Crippen LogP contribution in [0.2, 0.25) is 0 Å². The first-order chi connectivity index (χ1) is 25.5. The van der Waals surface area contributed by atoms with Crippen molar-refractivity contribution in [1.29, 1.82) is 0 Å². The molecule has 0 spiro atoms. The molecule has 4 rings (SSSR count). The summed E-state index contributed by atoms with van der Waals surface area (Å²) in [6.07, 6.45) is -1.34. The number of benzene rings is 1. The van der Waals surface area contributed by atoms with E-state index < -0.39 is 83.1 Å². The summed E-state index contributed by atoms with van der Waals surface area (Å²) < 4.78 is 0. The van der Waals surface area contributed by atoms with Gasteiger partial charge >= 0.3 is 0 Å². The lowest BCUT2D eigenvalue weighted by Gasteiger charge is -2.35. The van der Waals surface area contributed by atoms with Gasteiger partial charge in [0.25, 0.3) is 0 Å². The molecule has 0 aliphatic carbocycles. The van der Waals surface area contributed by atoms with Crippen molar-refractivity contribution in [3.63, 3.8) is 0 Å². The van der Waals surface area contributed by atoms with Gasteiger partial charge in [-0.3, -0.25) is 33.6 Å². The lowest BCUT2D eigenvalue weighted by Crippen LogP contribution is -2.58. The fourth-order valence-electron chi connectivity index (χ4n) is 6.09. The molecule has 2 fully saturated rings. The topological polar surface area (TPSA) is 268 Å². The number of primary amides is 1. The van der Waals surface area contributed by atoms with Gasteiger partial charge in [0.15, 0.2) is 0 Å². The van der Waals surface area contributed by atoms with Crippen LogP contribution in [0.5, 0.6) is 0 Å². The Morgan fingerprint density at radius 3 is 2.30 bits per heavy atom. The zero-order valence-corrected chi connectivity index (χ0v) is 32.3. The number of nitrogens with two attached hydrogens (primary N) is 2. The number of thiazole rings is 1. The number of nitrogens with one attached hydrogen (secondary N) is 5. The third-order valence-corrected chi connectivity index (χ3v) is 11.0. The second-order valence-electron chi connectivity index (χ2n) is 14.3. The summed E-state index contributed by atoms with van der Waals surface area (Å²) in [7, 11) is 0. The number of rotatable bonds is 4. The van der Waals surface area contributed by atoms with E-state index in [2.05, 4.69) is 31.6 Å². The van der Waals surface area contributed by atoms with E-state index in [4.69, 9.17) is 11.5 Å². The van der Waals surface area contributed by atoms with Crippen molar-refractivity contribution >= 4 is 64.4 Å². The molecule has 3 heterocycles. The Morgan fingerprint density at radius 1 is 0.981 bits per heavy atom. The minimum absolute atomic E-state index is 0.0646. The summed E-state index contributed by atoms with van der Waals surface area (Å²) in [5, 5.41) is 23.8. The van der Waals surface area contributed by atoms with Crippen molar-refractivity contribution in [3.8, 4) is 10.4 Å². The predicted octanol–water partition coefficient (Wildman–Crippen LogP) is -1.17. The van der Waals surface area contributed by atoms with Crippen molar-refractivity contribution in [1.82, 2.24) is 36.5 Å². The number of carbonyl (C=O) groups excluding carboxylic acids is 7. The molecule has 7 amide bonds. The number of amides is 7. The van der Waals surface area contributed by atoms with Crippen molar-refractivity contribution in [2.45, 2.75) is 83.3 Å². The van der Waals surface area contributed by atoms with E-state index in [1.807, 2.05) is 6.92 Å². The van der Waals surface area contributed by atoms with Crippen molar-refractivity contribution in [2.24, 2.45) is 16.9 Å². The summed E-state index contributed by atoms with van der Waals surface area (Å²) in [5.74, 6) is -4.51. The first-order valence-electron chi connectivity index (χ1n) is 17.5. The maximum atomic E-state index is 14.1. The van der Waals surface area contributed by atoms with E-state index >= 15 is 0 Å². The summed E-state index contributed by atoms with van der Waals surface area (Å²) in [6, 6.07) is 1.06. The maximum absolute atomic E-state index is 14.1. The standard InChI is InChI=1S/C35H49N9O8S2/c1-18-28(54-17-39-18)20-7-5-19(6-8-20)27-33(51)38-11-9-25(46)40-23(14-36)31(49)41-22(30(37)48)10-12-53-16-26(47)42-29(35(2,3)4)34(52)44-15-21(45)13-24(44)32(50)43-27/h5-8,17,21-24,27,29,45H,9-16,36H2,1-4H3,(H2,37,48)(H,38,51)(H,40,46)(H,41,49)(H,42,47)(H,43,50)/t21-,22-,23-,24+,27-,29-/m1/s1. The first kappa shape index (κ1) is 42.2. The van der Waals surface area contributed by atoms with Gasteiger partial charge in [0, 0.05) is 32.5 Å². The smallest absolute Gasteiger partial charge is 0.247 e. The Balaban J connectivity index is 1.66. The van der Waals surface area contributed by atoms with Gasteiger partial charge in [-0.15, -0.1) is 11.3 Å². The van der Waals surface area contributed by atoms with E-state index in [9.17, 15) is 38.7 Å². The highest BCUT2D eigenvalue weighted by Gasteiger charge is 2.45. The van der Waals surface area contributed by atoms with Crippen LogP contribution in [0.15, 0.2) is 29.8 Å². The molecule has 19 heteroatoms. The lowest BCUT2D eigenvalue weighted by molar-refractivity contribution is -0.144. The molecule has 1 aromatic carbocycles. The molecule has 1 aromatic heterocycles. The van der Waals surface area contributed by atoms with Crippen LogP contribution in [0.4, 0.5) is 0 Å². The number of thioether (sulfide) groups is 1. The molecule has 6 atom stereocenters. The zero-order valence-electron chi connectivity index (χ0n) is 30.7. The Kier molecular flexibility index (Phi) is 14.5. The molecule has 0 bridgehead atoms. The normalized spacial score (nSPS) is 26.1. The molecule has 2 aliphatic rings. The van der Waals surface area contributed by atoms with Crippen LogP contribution >= 0.6 is 23.1 Å². The summed E-state index contributed by atoms with van der Waals surface area (Å²) in [5.41, 5.74) is 14.3. The summed E-state index contributed by atoms with van der Waals surface area (Å²) >= 11 is 2.60. The number of aryl methyl sites for hydroxylation is 1. The van der Waals surface area contributed by atoms with Crippen molar-refractivity contribution < 1.29 is 38.7 Å². The number of aromatic nitrogens is 1. The average Bonchev–Trinajstić information content (AvgIpc) is 3.73. The van der Waals surface area contributed by atoms with Gasteiger partial charge in [0.2, 0.25) is 41.4 Å². The molecule has 0 radical (unpaired) electrons. The fourth-order valence-corrected chi connectivity index (χ4v) is 7.72. The minimum atomic E-state index is -1.28. The Labute approximate surface area is 321 Å². The molecule has 2 aromatic rings. The predicted molar refractivity (Wildman–Crippen MR) is 202 cm³/mol. The number of aliphatic hydroxyl groups is 1. The lowest BCUT2D eigenvalue weighted by atomic mass is 9.85. The zero-order chi connectivity index (χ0) is 39.7. The van der Waals surface area contributed by atoms with E-state index in [0.29, 0.717) is 5.56 Å². The van der Waals surface area contributed by atoms with E-state index in [1.54, 1.807) is 50.5 Å². The van der Waals surface area contributed by atoms with E-state index in [1.165, 1.54) is 16.2 Å². The number of hydrogen-bond acceptors (Lipinski definition) is 12. The second kappa shape index (κ2) is 18.6. The largest absolute Gasteiger partial charge is 0.391 e. The number of nitrogens with zero attached hydrogens (tertiary/aromatic N) is 2. The molecule has 2 saturated heterocycles. The fraction of sp³-hybridized carbons (Fsp3) is 0.543. The third kappa shape index (κ3) is 11.0. The molecule has 10 N–H and O–H groups in total. The van der Waals surface area contributed by atoms with Crippen LogP contribution in [0.25, 0.3) is 10.4 Å². The van der Waals surface area contributed by atoms with E-state index in [0.717, 1.165) is 27.9 Å². The van der Waals surface area contributed by atoms with Crippen molar-refractivity contribution in [2.75, 3.05) is 31.1 Å². The van der Waals surface area contributed by atoms with Crippen molar-refractivity contribution in [3.05, 3.63) is 41.0 Å². The van der Waals surface area contributed by atoms with Crippen LogP contribution in [-0.4, -0.2) is 118 Å². The van der Waals surface area contributed by atoms with Gasteiger partial charge in [-0.25, -0.2) is 4.98 Å². The summed E-state index contributed by atoms with van der Waals surface area (Å²) in [4.78, 5) is 99.4. The molecule has 0 unspecified atom stereocenters. The van der Waals surface area contributed by atoms with Gasteiger partial charge < -0.3 is 48.1 Å². The third-order valence-electron chi connectivity index (χ3n) is 9.07. The van der Waals surface area contributed by atoms with Gasteiger partial charge in [0.1, 0.15) is 30.2 Å². The summed E-state index contributed by atoms with van der Waals surface area (Å²) in [6.45, 7) is 6.48. The van der Waals surface area contributed by atoms with Gasteiger partial charge in [-0.05, 0) is 35.6 Å². The van der Waals surface area contributed by atoms with Crippen LogP contribution in [-0.2, 0) is 33.6 Å². The molecular weight excluding hydrogens is 739 g/mol. The molecule has 294 valence electrons. The Hall–Kier alpha value is -4.59. The SMILES string of the molecule is Cc1ncsc1-c1ccc([C@H]2NC(=O)[C@@H]3C[C@@H](O)CN3C(=O)[C@H](C(C)(C)C)NC(=O)CSCC[C@H](C(N)=O)NC(=O)[C@@H](CN)NC(=O)CCNC2=O)cc1. The maximum Gasteiger partial charge on any atom is 0.247 e. The number of fused-ring (bicyclic) bond motifs is 1. The Bertz CT molecular complexity index is 1710. The van der Waals surface area contributed by atoms with E-state index in [-0.39, 0.29) is 50.4 Å². The number of aliphatic hydroxyl groups excluding tert-OH is 1. The van der Waals surface area contributed by atoms with Crippen LogP contribution in [0.3, 0.4) is 0 Å². The molecule has 54 heavy (non-hydrogen) atoms. The van der Waals surface area contributed by atoms with Gasteiger partial charge in [0.05, 0.1) is 27.9 Å². The van der Waals surface area contributed by atoms with Gasteiger partial charge in [-0.1, -0.05) is 45.0 Å². The van der Waals surface area contributed by atoms with Crippen LogP contribution < -0.4 is 38.1 Å². The number of carbonyl (C=O) groups is 7. The molecular formula is C35H49N9O8S2. The van der Waals surface area contributed by atoms with Crippen LogP contribution in [0, 0.1) is 12.3 Å². The Morgan fingerprint density at radius 2 is 1.69 bits per heavy atom. The molecule has 0 saturated carbocycles. The highest BCUT2D eigenvalue weighted by Crippen LogP contribution is 2.30. The number of hydrogen-bond donors (Lipinski definition) is 8.